The molecular formula is C17H26N4O2. The predicted molar refractivity (Wildman–Crippen MR) is 86.8 cm³/mol. The van der Waals surface area contributed by atoms with Crippen LogP contribution in [-0.4, -0.2) is 53.1 Å². The summed E-state index contributed by atoms with van der Waals surface area (Å²) in [5.74, 6) is 0.231. The van der Waals surface area contributed by atoms with E-state index in [2.05, 4.69) is 20.2 Å². The first-order valence-electron chi connectivity index (χ1n) is 8.59. The molecule has 2 saturated heterocycles. The number of amides is 1. The van der Waals surface area contributed by atoms with E-state index >= 15 is 0 Å². The van der Waals surface area contributed by atoms with E-state index in [1.165, 1.54) is 0 Å². The monoisotopic (exact) mass is 318 g/mol. The van der Waals surface area contributed by atoms with Crippen LogP contribution in [0, 0.1) is 12.8 Å². The van der Waals surface area contributed by atoms with Gasteiger partial charge in [0.25, 0.3) is 0 Å². The smallest absolute Gasteiger partial charge is 0.224 e. The zero-order valence-electron chi connectivity index (χ0n) is 13.8. The number of nitrogens with zero attached hydrogens (tertiary/aromatic N) is 3. The van der Waals surface area contributed by atoms with Crippen molar-refractivity contribution in [3.63, 3.8) is 0 Å². The quantitative estimate of drug-likeness (QED) is 0.906. The molecule has 2 aliphatic rings. The summed E-state index contributed by atoms with van der Waals surface area (Å²) in [5.41, 5.74) is 1.69. The third-order valence-corrected chi connectivity index (χ3v) is 4.81. The van der Waals surface area contributed by atoms with Crippen LogP contribution >= 0.6 is 0 Å². The van der Waals surface area contributed by atoms with Gasteiger partial charge in [0.05, 0.1) is 30.0 Å². The molecule has 1 aromatic rings. The SMILES string of the molecule is Cc1cnc(CNC(=O)[C@H]2CCCN(C3CCOCC3)C2)cn1. The van der Waals surface area contributed by atoms with Crippen LogP contribution in [0.1, 0.15) is 37.1 Å². The Labute approximate surface area is 137 Å². The first-order valence-corrected chi connectivity index (χ1v) is 8.59. The first-order chi connectivity index (χ1) is 11.2. The van der Waals surface area contributed by atoms with Gasteiger partial charge in [-0.3, -0.25) is 19.7 Å². The van der Waals surface area contributed by atoms with E-state index in [0.717, 1.165) is 63.4 Å². The molecule has 1 N–H and O–H groups in total. The summed E-state index contributed by atoms with van der Waals surface area (Å²) in [6.45, 7) is 6.05. The summed E-state index contributed by atoms with van der Waals surface area (Å²) in [5, 5.41) is 3.02. The standard InChI is InChI=1S/C17H26N4O2/c1-13-9-19-15(10-18-13)11-20-17(22)14-3-2-6-21(12-14)16-4-7-23-8-5-16/h9-10,14,16H,2-8,11-12H2,1H3,(H,20,22)/t14-/m0/s1. The van der Waals surface area contributed by atoms with Gasteiger partial charge in [0.2, 0.25) is 5.91 Å². The number of piperidine rings is 1. The van der Waals surface area contributed by atoms with Gasteiger partial charge in [0.1, 0.15) is 0 Å². The molecular weight excluding hydrogens is 292 g/mol. The van der Waals surface area contributed by atoms with E-state index in [1.54, 1.807) is 12.4 Å². The van der Waals surface area contributed by atoms with Crippen molar-refractivity contribution in [2.24, 2.45) is 5.92 Å². The van der Waals surface area contributed by atoms with Crippen molar-refractivity contribution in [1.82, 2.24) is 20.2 Å². The molecule has 2 aliphatic heterocycles. The Balaban J connectivity index is 1.49. The molecule has 3 heterocycles. The Bertz CT molecular complexity index is 514. The number of aryl methyl sites for hydroxylation is 1. The first kappa shape index (κ1) is 16.3. The fraction of sp³-hybridized carbons (Fsp3) is 0.706. The van der Waals surface area contributed by atoms with Crippen LogP contribution in [0.5, 0.6) is 0 Å². The molecule has 6 nitrogen and oxygen atoms in total. The third-order valence-electron chi connectivity index (χ3n) is 4.81. The average molecular weight is 318 g/mol. The zero-order valence-corrected chi connectivity index (χ0v) is 13.8. The number of carbonyl (C=O) groups excluding carboxylic acids is 1. The largest absolute Gasteiger partial charge is 0.381 e. The Morgan fingerprint density at radius 1 is 1.30 bits per heavy atom. The highest BCUT2D eigenvalue weighted by Gasteiger charge is 2.30. The van der Waals surface area contributed by atoms with Crippen LogP contribution in [0.4, 0.5) is 0 Å². The molecule has 23 heavy (non-hydrogen) atoms. The molecule has 0 unspecified atom stereocenters. The van der Waals surface area contributed by atoms with Crippen molar-refractivity contribution in [2.75, 3.05) is 26.3 Å². The van der Waals surface area contributed by atoms with Crippen molar-refractivity contribution in [3.8, 4) is 0 Å². The van der Waals surface area contributed by atoms with Crippen molar-refractivity contribution in [3.05, 3.63) is 23.8 Å². The van der Waals surface area contributed by atoms with Gasteiger partial charge >= 0.3 is 0 Å². The number of rotatable bonds is 4. The van der Waals surface area contributed by atoms with Gasteiger partial charge in [-0.25, -0.2) is 0 Å². The maximum absolute atomic E-state index is 12.5. The summed E-state index contributed by atoms with van der Waals surface area (Å²) < 4.78 is 5.44. The molecule has 0 bridgehead atoms. The summed E-state index contributed by atoms with van der Waals surface area (Å²) in [7, 11) is 0. The van der Waals surface area contributed by atoms with Crippen LogP contribution < -0.4 is 5.32 Å². The summed E-state index contributed by atoms with van der Waals surface area (Å²) in [4.78, 5) is 23.4. The van der Waals surface area contributed by atoms with Gasteiger partial charge in [-0.2, -0.15) is 0 Å². The normalized spacial score (nSPS) is 23.6. The Morgan fingerprint density at radius 2 is 2.13 bits per heavy atom. The molecule has 0 saturated carbocycles. The molecule has 1 aromatic heterocycles. The second kappa shape index (κ2) is 7.84. The second-order valence-corrected chi connectivity index (χ2v) is 6.54. The lowest BCUT2D eigenvalue weighted by atomic mass is 9.94. The van der Waals surface area contributed by atoms with Gasteiger partial charge in [-0.05, 0) is 39.2 Å². The summed E-state index contributed by atoms with van der Waals surface area (Å²) in [6, 6.07) is 0.585. The summed E-state index contributed by atoms with van der Waals surface area (Å²) in [6.07, 6.45) is 7.71. The number of ether oxygens (including phenoxy) is 1. The Kier molecular flexibility index (Phi) is 5.56. The Morgan fingerprint density at radius 3 is 2.87 bits per heavy atom. The van der Waals surface area contributed by atoms with Crippen molar-refractivity contribution in [1.29, 1.82) is 0 Å². The van der Waals surface area contributed by atoms with Crippen LogP contribution in [0.3, 0.4) is 0 Å². The van der Waals surface area contributed by atoms with E-state index < -0.39 is 0 Å². The predicted octanol–water partition coefficient (Wildman–Crippen LogP) is 1.29. The molecule has 0 spiro atoms. The van der Waals surface area contributed by atoms with Gasteiger partial charge in [0, 0.05) is 32.0 Å². The van der Waals surface area contributed by atoms with Gasteiger partial charge in [0.15, 0.2) is 0 Å². The minimum atomic E-state index is 0.0880. The molecule has 126 valence electrons. The lowest BCUT2D eigenvalue weighted by molar-refractivity contribution is -0.127. The molecule has 3 rings (SSSR count). The highest BCUT2D eigenvalue weighted by Crippen LogP contribution is 2.23. The average Bonchev–Trinajstić information content (AvgIpc) is 2.62. The highest BCUT2D eigenvalue weighted by molar-refractivity contribution is 5.78. The molecule has 1 amide bonds. The molecule has 0 aromatic carbocycles. The van der Waals surface area contributed by atoms with Crippen LogP contribution in [0.25, 0.3) is 0 Å². The number of hydrogen-bond donors (Lipinski definition) is 1. The molecule has 2 fully saturated rings. The zero-order chi connectivity index (χ0) is 16.1. The number of likely N-dealkylation sites (tertiary alicyclic amines) is 1. The highest BCUT2D eigenvalue weighted by atomic mass is 16.5. The fourth-order valence-electron chi connectivity index (χ4n) is 3.43. The molecule has 6 heteroatoms. The molecule has 1 atom stereocenters. The van der Waals surface area contributed by atoms with E-state index in [0.29, 0.717) is 12.6 Å². The number of carbonyl (C=O) groups is 1. The molecule has 0 aliphatic carbocycles. The van der Waals surface area contributed by atoms with Gasteiger partial charge < -0.3 is 10.1 Å². The third kappa shape index (κ3) is 4.48. The summed E-state index contributed by atoms with van der Waals surface area (Å²) >= 11 is 0. The van der Waals surface area contributed by atoms with E-state index in [1.807, 2.05) is 6.92 Å². The van der Waals surface area contributed by atoms with Crippen molar-refractivity contribution in [2.45, 2.75) is 45.2 Å². The fourth-order valence-corrected chi connectivity index (χ4v) is 3.43. The van der Waals surface area contributed by atoms with Crippen molar-refractivity contribution < 1.29 is 9.53 Å². The number of hydrogen-bond acceptors (Lipinski definition) is 5. The van der Waals surface area contributed by atoms with Gasteiger partial charge in [-0.15, -0.1) is 0 Å². The van der Waals surface area contributed by atoms with Crippen LogP contribution in [0.2, 0.25) is 0 Å². The van der Waals surface area contributed by atoms with E-state index in [-0.39, 0.29) is 11.8 Å². The Hall–Kier alpha value is -1.53. The molecule has 0 radical (unpaired) electrons. The number of nitrogens with one attached hydrogen (secondary N) is 1. The van der Waals surface area contributed by atoms with E-state index in [4.69, 9.17) is 4.74 Å². The van der Waals surface area contributed by atoms with Crippen LogP contribution in [-0.2, 0) is 16.1 Å². The maximum atomic E-state index is 12.5. The second-order valence-electron chi connectivity index (χ2n) is 6.54. The van der Waals surface area contributed by atoms with Crippen LogP contribution in [0.15, 0.2) is 12.4 Å². The van der Waals surface area contributed by atoms with Gasteiger partial charge in [-0.1, -0.05) is 0 Å². The minimum Gasteiger partial charge on any atom is -0.381 e. The maximum Gasteiger partial charge on any atom is 0.224 e. The van der Waals surface area contributed by atoms with Crippen molar-refractivity contribution >= 4 is 5.91 Å². The number of aromatic nitrogens is 2. The van der Waals surface area contributed by atoms with E-state index in [9.17, 15) is 4.79 Å². The topological polar surface area (TPSA) is 67.4 Å². The lowest BCUT2D eigenvalue weighted by Gasteiger charge is -2.39. The lowest BCUT2D eigenvalue weighted by Crippen LogP contribution is -2.48. The minimum absolute atomic E-state index is 0.0880.